The second kappa shape index (κ2) is 7.83. The van der Waals surface area contributed by atoms with Crippen molar-refractivity contribution in [3.8, 4) is 11.3 Å². The van der Waals surface area contributed by atoms with Crippen molar-refractivity contribution in [2.45, 2.75) is 19.1 Å². The first-order valence-corrected chi connectivity index (χ1v) is 8.11. The van der Waals surface area contributed by atoms with Crippen LogP contribution in [0.15, 0.2) is 53.2 Å². The van der Waals surface area contributed by atoms with Crippen molar-refractivity contribution in [2.24, 2.45) is 0 Å². The van der Waals surface area contributed by atoms with Gasteiger partial charge in [-0.2, -0.15) is 22.0 Å². The van der Waals surface area contributed by atoms with Crippen LogP contribution >= 0.6 is 0 Å². The fourth-order valence-corrected chi connectivity index (χ4v) is 2.55. The van der Waals surface area contributed by atoms with Crippen molar-refractivity contribution in [1.29, 1.82) is 0 Å². The Morgan fingerprint density at radius 2 is 2.00 bits per heavy atom. The van der Waals surface area contributed by atoms with E-state index in [9.17, 15) is 26.7 Å². The monoisotopic (exact) mass is 399 g/mol. The van der Waals surface area contributed by atoms with Crippen LogP contribution in [-0.2, 0) is 12.6 Å². The zero-order valence-electron chi connectivity index (χ0n) is 14.2. The lowest BCUT2D eigenvalue weighted by atomic mass is 10.1. The lowest BCUT2D eigenvalue weighted by molar-refractivity contribution is -0.137. The second-order valence-corrected chi connectivity index (χ2v) is 5.78. The number of imidazole rings is 1. The van der Waals surface area contributed by atoms with Crippen LogP contribution in [0.4, 0.5) is 22.0 Å². The molecule has 0 aliphatic heterocycles. The molecule has 28 heavy (non-hydrogen) atoms. The molecular formula is C18H14F5N3O2. The minimum Gasteiger partial charge on any atom is -0.451 e. The summed E-state index contributed by atoms with van der Waals surface area (Å²) in [5.74, 6) is -0.512. The standard InChI is InChI=1S/C18H14F5N3O2/c19-17(20)26-9-8-24-15(26)6-7-25-16(27)14-5-4-13(28-14)11-2-1-3-12(10-11)18(21,22)23/h1-5,8-10,17H,6-7H2,(H,25,27). The number of alkyl halides is 5. The van der Waals surface area contributed by atoms with Gasteiger partial charge in [-0.05, 0) is 24.3 Å². The zero-order valence-corrected chi connectivity index (χ0v) is 14.2. The van der Waals surface area contributed by atoms with Crippen LogP contribution in [0.2, 0.25) is 0 Å². The molecule has 1 aromatic carbocycles. The number of hydrogen-bond acceptors (Lipinski definition) is 3. The van der Waals surface area contributed by atoms with Crippen molar-refractivity contribution in [3.05, 3.63) is 65.9 Å². The van der Waals surface area contributed by atoms with Crippen molar-refractivity contribution < 1.29 is 31.2 Å². The van der Waals surface area contributed by atoms with E-state index in [2.05, 4.69) is 10.3 Å². The number of hydrogen-bond donors (Lipinski definition) is 1. The Morgan fingerprint density at radius 3 is 2.71 bits per heavy atom. The van der Waals surface area contributed by atoms with Gasteiger partial charge in [-0.3, -0.25) is 9.36 Å². The number of rotatable bonds is 6. The van der Waals surface area contributed by atoms with Crippen LogP contribution in [0.25, 0.3) is 11.3 Å². The molecule has 1 amide bonds. The summed E-state index contributed by atoms with van der Waals surface area (Å²) < 4.78 is 69.9. The van der Waals surface area contributed by atoms with Crippen molar-refractivity contribution in [2.75, 3.05) is 6.54 Å². The molecule has 0 aliphatic carbocycles. The van der Waals surface area contributed by atoms with Gasteiger partial charge in [0.1, 0.15) is 11.6 Å². The van der Waals surface area contributed by atoms with Crippen LogP contribution < -0.4 is 5.32 Å². The van der Waals surface area contributed by atoms with Gasteiger partial charge in [0.25, 0.3) is 5.91 Å². The van der Waals surface area contributed by atoms with Crippen LogP contribution in [0.3, 0.4) is 0 Å². The highest BCUT2D eigenvalue weighted by atomic mass is 19.4. The van der Waals surface area contributed by atoms with Crippen LogP contribution in [-0.4, -0.2) is 22.0 Å². The van der Waals surface area contributed by atoms with E-state index < -0.39 is 24.2 Å². The molecule has 0 fully saturated rings. The summed E-state index contributed by atoms with van der Waals surface area (Å²) in [6.07, 6.45) is -2.05. The lowest BCUT2D eigenvalue weighted by Gasteiger charge is -2.07. The fourth-order valence-electron chi connectivity index (χ4n) is 2.55. The van der Waals surface area contributed by atoms with Gasteiger partial charge in [-0.15, -0.1) is 0 Å². The minimum atomic E-state index is -4.49. The van der Waals surface area contributed by atoms with Gasteiger partial charge in [0, 0.05) is 30.9 Å². The van der Waals surface area contributed by atoms with Gasteiger partial charge in [0.2, 0.25) is 0 Å². The van der Waals surface area contributed by atoms with Gasteiger partial charge in [0.15, 0.2) is 5.76 Å². The first-order valence-electron chi connectivity index (χ1n) is 8.11. The Kier molecular flexibility index (Phi) is 5.48. The summed E-state index contributed by atoms with van der Waals surface area (Å²) in [5, 5.41) is 2.49. The molecule has 5 nitrogen and oxygen atoms in total. The summed E-state index contributed by atoms with van der Waals surface area (Å²) in [4.78, 5) is 15.9. The number of halogens is 5. The summed E-state index contributed by atoms with van der Waals surface area (Å²) in [6, 6.07) is 7.23. The van der Waals surface area contributed by atoms with E-state index in [0.29, 0.717) is 4.57 Å². The lowest BCUT2D eigenvalue weighted by Crippen LogP contribution is -2.26. The number of furan rings is 1. The Bertz CT molecular complexity index is 962. The molecule has 0 atom stereocenters. The maximum atomic E-state index is 12.8. The molecule has 0 saturated heterocycles. The number of aromatic nitrogens is 2. The van der Waals surface area contributed by atoms with Gasteiger partial charge >= 0.3 is 12.7 Å². The Morgan fingerprint density at radius 1 is 1.21 bits per heavy atom. The Labute approximate surface area is 155 Å². The van der Waals surface area contributed by atoms with Crippen LogP contribution in [0.1, 0.15) is 28.5 Å². The number of nitrogens with one attached hydrogen (secondary N) is 1. The van der Waals surface area contributed by atoms with Crippen LogP contribution in [0, 0.1) is 0 Å². The molecule has 3 rings (SSSR count). The average Bonchev–Trinajstić information content (AvgIpc) is 3.31. The number of carbonyl (C=O) groups is 1. The van der Waals surface area contributed by atoms with E-state index in [1.807, 2.05) is 0 Å². The summed E-state index contributed by atoms with van der Waals surface area (Å²) in [6.45, 7) is -2.70. The zero-order chi connectivity index (χ0) is 20.3. The molecule has 1 N–H and O–H groups in total. The SMILES string of the molecule is O=C(NCCc1nccn1C(F)F)c1ccc(-c2cccc(C(F)(F)F)c2)o1. The second-order valence-electron chi connectivity index (χ2n) is 5.78. The summed E-state index contributed by atoms with van der Waals surface area (Å²) >= 11 is 0. The van der Waals surface area contributed by atoms with E-state index in [0.717, 1.165) is 18.3 Å². The maximum Gasteiger partial charge on any atom is 0.416 e. The molecule has 0 spiro atoms. The number of nitrogens with zero attached hydrogens (tertiary/aromatic N) is 2. The minimum absolute atomic E-state index is 0.0299. The molecule has 0 bridgehead atoms. The smallest absolute Gasteiger partial charge is 0.416 e. The van der Waals surface area contributed by atoms with Crippen molar-refractivity contribution in [3.63, 3.8) is 0 Å². The molecule has 148 valence electrons. The quantitative estimate of drug-likeness (QED) is 0.620. The van der Waals surface area contributed by atoms with Gasteiger partial charge in [-0.1, -0.05) is 12.1 Å². The molecule has 2 heterocycles. The third-order valence-corrected chi connectivity index (χ3v) is 3.90. The largest absolute Gasteiger partial charge is 0.451 e. The Hall–Kier alpha value is -3.17. The molecule has 10 heteroatoms. The van der Waals surface area contributed by atoms with Crippen molar-refractivity contribution in [1.82, 2.24) is 14.9 Å². The normalized spacial score (nSPS) is 11.8. The first-order chi connectivity index (χ1) is 13.3. The molecule has 0 unspecified atom stereocenters. The van der Waals surface area contributed by atoms with E-state index in [-0.39, 0.29) is 35.9 Å². The predicted molar refractivity (Wildman–Crippen MR) is 88.7 cm³/mol. The molecule has 0 radical (unpaired) electrons. The van der Waals surface area contributed by atoms with E-state index in [1.165, 1.54) is 30.5 Å². The highest BCUT2D eigenvalue weighted by molar-refractivity contribution is 5.92. The molecule has 2 aromatic heterocycles. The summed E-state index contributed by atoms with van der Waals surface area (Å²) in [5.41, 5.74) is -0.658. The number of amides is 1. The number of carbonyl (C=O) groups excluding carboxylic acids is 1. The third kappa shape index (κ3) is 4.38. The van der Waals surface area contributed by atoms with Crippen molar-refractivity contribution >= 4 is 5.91 Å². The van der Waals surface area contributed by atoms with Gasteiger partial charge in [0.05, 0.1) is 5.56 Å². The molecule has 0 aliphatic rings. The van der Waals surface area contributed by atoms with Gasteiger partial charge < -0.3 is 9.73 Å². The highest BCUT2D eigenvalue weighted by Gasteiger charge is 2.30. The molecular weight excluding hydrogens is 385 g/mol. The molecule has 3 aromatic rings. The summed E-state index contributed by atoms with van der Waals surface area (Å²) in [7, 11) is 0. The van der Waals surface area contributed by atoms with E-state index in [1.54, 1.807) is 0 Å². The topological polar surface area (TPSA) is 60.1 Å². The predicted octanol–water partition coefficient (Wildman–Crippen LogP) is 4.53. The van der Waals surface area contributed by atoms with Gasteiger partial charge in [-0.25, -0.2) is 4.98 Å². The average molecular weight is 399 g/mol. The maximum absolute atomic E-state index is 12.8. The number of benzene rings is 1. The molecule has 0 saturated carbocycles. The van der Waals surface area contributed by atoms with E-state index >= 15 is 0 Å². The fraction of sp³-hybridized carbons (Fsp3) is 0.222. The van der Waals surface area contributed by atoms with E-state index in [4.69, 9.17) is 4.42 Å². The van der Waals surface area contributed by atoms with Crippen LogP contribution in [0.5, 0.6) is 0 Å². The highest BCUT2D eigenvalue weighted by Crippen LogP contribution is 2.32. The Balaban J connectivity index is 1.64. The third-order valence-electron chi connectivity index (χ3n) is 3.90. The first kappa shape index (κ1) is 19.6.